The van der Waals surface area contributed by atoms with Gasteiger partial charge in [0.15, 0.2) is 0 Å². The quantitative estimate of drug-likeness (QED) is 0.411. The highest BCUT2D eigenvalue weighted by atomic mass is 35.5. The molecule has 33 heavy (non-hydrogen) atoms. The first kappa shape index (κ1) is 22.8. The van der Waals surface area contributed by atoms with Crippen molar-refractivity contribution < 1.29 is 19.0 Å². The van der Waals surface area contributed by atoms with E-state index in [2.05, 4.69) is 20.9 Å². The summed E-state index contributed by atoms with van der Waals surface area (Å²) in [5.74, 6) is 1.91. The fourth-order valence-corrected chi connectivity index (χ4v) is 3.45. The molecule has 0 radical (unpaired) electrons. The van der Waals surface area contributed by atoms with Crippen LogP contribution < -0.4 is 25.4 Å². The number of hydrogen-bond donors (Lipinski definition) is 3. The zero-order valence-corrected chi connectivity index (χ0v) is 19.3. The topological polar surface area (TPSA) is 97.0 Å². The molecule has 4 rings (SSSR count). The van der Waals surface area contributed by atoms with Gasteiger partial charge in [-0.3, -0.25) is 10.3 Å². The molecular weight excluding hydrogens is 444 g/mol. The lowest BCUT2D eigenvalue weighted by Gasteiger charge is -2.13. The van der Waals surface area contributed by atoms with Gasteiger partial charge in [0.05, 0.1) is 18.5 Å². The van der Waals surface area contributed by atoms with Crippen LogP contribution in [-0.2, 0) is 11.3 Å². The fourth-order valence-electron chi connectivity index (χ4n) is 3.29. The summed E-state index contributed by atoms with van der Waals surface area (Å²) >= 11 is 6.16. The van der Waals surface area contributed by atoms with E-state index >= 15 is 0 Å². The smallest absolute Gasteiger partial charge is 0.319 e. The van der Waals surface area contributed by atoms with Gasteiger partial charge in [-0.05, 0) is 55.4 Å². The highest BCUT2D eigenvalue weighted by Gasteiger charge is 2.40. The molecule has 172 valence electrons. The van der Waals surface area contributed by atoms with E-state index in [9.17, 15) is 4.79 Å². The third-order valence-electron chi connectivity index (χ3n) is 5.16. The number of urea groups is 1. The number of nitrogens with zero attached hydrogens (tertiary/aromatic N) is 1. The number of anilines is 1. The van der Waals surface area contributed by atoms with Crippen molar-refractivity contribution in [1.82, 2.24) is 15.6 Å². The zero-order chi connectivity index (χ0) is 23.4. The molecule has 1 aliphatic heterocycles. The van der Waals surface area contributed by atoms with Crippen molar-refractivity contribution in [3.8, 4) is 17.2 Å². The van der Waals surface area contributed by atoms with Gasteiger partial charge in [-0.25, -0.2) is 4.79 Å². The number of ether oxygens (including phenoxy) is 3. The maximum absolute atomic E-state index is 12.3. The van der Waals surface area contributed by atoms with Gasteiger partial charge in [-0.1, -0.05) is 23.7 Å². The molecule has 2 atom stereocenters. The van der Waals surface area contributed by atoms with Gasteiger partial charge >= 0.3 is 6.03 Å². The van der Waals surface area contributed by atoms with Crippen LogP contribution in [0.3, 0.4) is 0 Å². The van der Waals surface area contributed by atoms with Gasteiger partial charge in [-0.2, -0.15) is 0 Å². The van der Waals surface area contributed by atoms with Crippen molar-refractivity contribution in [2.75, 3.05) is 19.5 Å². The Morgan fingerprint density at radius 2 is 1.94 bits per heavy atom. The Morgan fingerprint density at radius 1 is 1.15 bits per heavy atom. The van der Waals surface area contributed by atoms with E-state index in [0.717, 1.165) is 16.8 Å². The van der Waals surface area contributed by atoms with Crippen LogP contribution in [-0.4, -0.2) is 31.4 Å². The van der Waals surface area contributed by atoms with E-state index in [0.29, 0.717) is 34.5 Å². The second kappa shape index (κ2) is 10.1. The minimum atomic E-state index is -0.361. The van der Waals surface area contributed by atoms with Gasteiger partial charge in [0.2, 0.25) is 0 Å². The lowest BCUT2D eigenvalue weighted by atomic mass is 10.2. The number of pyridine rings is 1. The highest BCUT2D eigenvalue weighted by molar-refractivity contribution is 6.31. The zero-order valence-electron chi connectivity index (χ0n) is 18.5. The Hall–Kier alpha value is -3.33. The molecule has 1 aliphatic rings. The number of carbonyl (C=O) groups is 1. The lowest BCUT2D eigenvalue weighted by Crippen LogP contribution is -2.28. The van der Waals surface area contributed by atoms with Crippen LogP contribution in [0.1, 0.15) is 22.9 Å². The molecule has 1 aromatic heterocycles. The molecule has 1 fully saturated rings. The summed E-state index contributed by atoms with van der Waals surface area (Å²) in [7, 11) is 3.39. The second-order valence-electron chi connectivity index (χ2n) is 7.54. The molecule has 3 N–H and O–H groups in total. The minimum absolute atomic E-state index is 0.000754. The number of nitrogens with one attached hydrogen (secondary N) is 3. The molecule has 9 heteroatoms. The molecule has 8 nitrogen and oxygen atoms in total. The molecule has 3 aromatic rings. The summed E-state index contributed by atoms with van der Waals surface area (Å²) in [4.78, 5) is 16.7. The van der Waals surface area contributed by atoms with Crippen LogP contribution in [0.25, 0.3) is 0 Å². The van der Waals surface area contributed by atoms with Crippen molar-refractivity contribution >= 4 is 23.3 Å². The molecule has 0 bridgehead atoms. The number of likely N-dealkylation sites (N-methyl/N-ethyl adjacent to an activating group) is 1. The summed E-state index contributed by atoms with van der Waals surface area (Å²) in [6.07, 6.45) is 1.65. The van der Waals surface area contributed by atoms with E-state index in [1.807, 2.05) is 44.3 Å². The summed E-state index contributed by atoms with van der Waals surface area (Å²) < 4.78 is 16.7. The van der Waals surface area contributed by atoms with Crippen LogP contribution in [0.15, 0.2) is 54.7 Å². The number of carbonyl (C=O) groups excluding carboxylic acids is 1. The van der Waals surface area contributed by atoms with Crippen LogP contribution in [0, 0.1) is 6.92 Å². The largest absolute Gasteiger partial charge is 0.495 e. The SMILES string of the molecule is CNC1OC1c1cc(Oc2ccc(CNC(=O)Nc3cc(Cl)c(C)cc3OC)cc2)ccn1. The average Bonchev–Trinajstić information content (AvgIpc) is 3.61. The Labute approximate surface area is 197 Å². The first-order valence-electron chi connectivity index (χ1n) is 10.4. The summed E-state index contributed by atoms with van der Waals surface area (Å²) in [6.45, 7) is 2.22. The number of aromatic nitrogens is 1. The average molecular weight is 469 g/mol. The molecule has 0 spiro atoms. The Balaban J connectivity index is 1.31. The molecule has 2 heterocycles. The molecule has 2 unspecified atom stereocenters. The number of aryl methyl sites for hydroxylation is 1. The predicted molar refractivity (Wildman–Crippen MR) is 126 cm³/mol. The van der Waals surface area contributed by atoms with E-state index in [4.69, 9.17) is 25.8 Å². The van der Waals surface area contributed by atoms with Crippen molar-refractivity contribution in [3.05, 3.63) is 76.6 Å². The molecular formula is C24H25ClN4O4. The highest BCUT2D eigenvalue weighted by Crippen LogP contribution is 2.37. The van der Waals surface area contributed by atoms with Gasteiger partial charge < -0.3 is 24.8 Å². The first-order valence-corrected chi connectivity index (χ1v) is 10.8. The second-order valence-corrected chi connectivity index (χ2v) is 7.94. The minimum Gasteiger partial charge on any atom is -0.495 e. The lowest BCUT2D eigenvalue weighted by molar-refractivity contribution is 0.251. The molecule has 0 saturated carbocycles. The van der Waals surface area contributed by atoms with Crippen LogP contribution in [0.2, 0.25) is 5.02 Å². The van der Waals surface area contributed by atoms with Gasteiger partial charge in [-0.15, -0.1) is 0 Å². The number of methoxy groups -OCH3 is 1. The van der Waals surface area contributed by atoms with Gasteiger partial charge in [0.1, 0.15) is 29.6 Å². The van der Waals surface area contributed by atoms with Crippen molar-refractivity contribution in [3.63, 3.8) is 0 Å². The van der Waals surface area contributed by atoms with Crippen molar-refractivity contribution in [2.24, 2.45) is 0 Å². The Bertz CT molecular complexity index is 1140. The third-order valence-corrected chi connectivity index (χ3v) is 5.57. The van der Waals surface area contributed by atoms with E-state index in [1.54, 1.807) is 31.5 Å². The number of benzene rings is 2. The number of rotatable bonds is 8. The number of epoxide rings is 1. The first-order chi connectivity index (χ1) is 16.0. The molecule has 0 aliphatic carbocycles. The molecule has 2 aromatic carbocycles. The van der Waals surface area contributed by atoms with E-state index in [1.165, 1.54) is 0 Å². The molecule has 1 saturated heterocycles. The Morgan fingerprint density at radius 3 is 2.64 bits per heavy atom. The maximum atomic E-state index is 12.3. The predicted octanol–water partition coefficient (Wildman–Crippen LogP) is 4.78. The van der Waals surface area contributed by atoms with Crippen LogP contribution in [0.5, 0.6) is 17.2 Å². The number of amides is 2. The summed E-state index contributed by atoms with van der Waals surface area (Å²) in [6, 6.07) is 14.2. The van der Waals surface area contributed by atoms with Gasteiger partial charge in [0, 0.05) is 23.8 Å². The van der Waals surface area contributed by atoms with Crippen LogP contribution in [0.4, 0.5) is 10.5 Å². The van der Waals surface area contributed by atoms with Crippen molar-refractivity contribution in [2.45, 2.75) is 25.8 Å². The molecule has 2 amide bonds. The van der Waals surface area contributed by atoms with Crippen LogP contribution >= 0.6 is 11.6 Å². The maximum Gasteiger partial charge on any atom is 0.319 e. The fraction of sp³-hybridized carbons (Fsp3) is 0.250. The monoisotopic (exact) mass is 468 g/mol. The Kier molecular flexibility index (Phi) is 6.98. The third kappa shape index (κ3) is 5.73. The van der Waals surface area contributed by atoms with Gasteiger partial charge in [0.25, 0.3) is 0 Å². The number of hydrogen-bond acceptors (Lipinski definition) is 6. The normalized spacial score (nSPS) is 16.7. The number of halogens is 1. The van der Waals surface area contributed by atoms with E-state index in [-0.39, 0.29) is 18.4 Å². The van der Waals surface area contributed by atoms with Crippen molar-refractivity contribution in [1.29, 1.82) is 0 Å². The standard InChI is InChI=1S/C24H25ClN4O4/c1-14-10-21(31-3)19(12-18(14)25)29-24(30)28-13-15-4-6-16(7-5-15)32-17-8-9-27-20(11-17)22-23(26-2)33-22/h4-12,22-23,26H,13H2,1-3H3,(H2,28,29,30). The summed E-state index contributed by atoms with van der Waals surface area (Å²) in [5.41, 5.74) is 3.12. The summed E-state index contributed by atoms with van der Waals surface area (Å²) in [5, 5.41) is 9.19. The van der Waals surface area contributed by atoms with E-state index < -0.39 is 0 Å².